The highest BCUT2D eigenvalue weighted by Crippen LogP contribution is 2.18. The molecule has 0 aromatic heterocycles. The second kappa shape index (κ2) is 12.7. The molecule has 0 aromatic carbocycles. The number of aliphatic hydroxyl groups is 1. The van der Waals surface area contributed by atoms with E-state index >= 15 is 0 Å². The lowest BCUT2D eigenvalue weighted by atomic mass is 9.93. The average Bonchev–Trinajstić information content (AvgIpc) is 2.54. The fraction of sp³-hybridized carbons (Fsp3) is 0.833. The van der Waals surface area contributed by atoms with Gasteiger partial charge in [0, 0.05) is 19.6 Å². The number of nitrogens with one attached hydrogen (secondary N) is 1. The standard InChI is InChI=1S/C18H35N3O4/c1-4-7-10-20-17(24)18(25,13-15(19)22)14-16(23)21(11-8-5-2)12-9-6-3/h25H,4-14H2,1-3H3,(H2,19,22)(H,20,24). The summed E-state index contributed by atoms with van der Waals surface area (Å²) in [5.74, 6) is -1.84. The second-order valence-electron chi connectivity index (χ2n) is 6.55. The van der Waals surface area contributed by atoms with Crippen LogP contribution in [0.1, 0.15) is 72.1 Å². The number of carbonyl (C=O) groups excluding carboxylic acids is 3. The smallest absolute Gasteiger partial charge is 0.253 e. The lowest BCUT2D eigenvalue weighted by Gasteiger charge is -2.29. The van der Waals surface area contributed by atoms with E-state index in [0.717, 1.165) is 38.5 Å². The maximum absolute atomic E-state index is 12.6. The summed E-state index contributed by atoms with van der Waals surface area (Å²) < 4.78 is 0. The minimum absolute atomic E-state index is 0.323. The molecule has 0 bridgehead atoms. The molecule has 0 radical (unpaired) electrons. The second-order valence-corrected chi connectivity index (χ2v) is 6.55. The van der Waals surface area contributed by atoms with E-state index < -0.39 is 30.3 Å². The van der Waals surface area contributed by atoms with Gasteiger partial charge in [0.25, 0.3) is 5.91 Å². The molecule has 0 heterocycles. The summed E-state index contributed by atoms with van der Waals surface area (Å²) in [6.45, 7) is 7.60. The van der Waals surface area contributed by atoms with Crippen molar-refractivity contribution in [2.24, 2.45) is 5.73 Å². The summed E-state index contributed by atoms with van der Waals surface area (Å²) >= 11 is 0. The Kier molecular flexibility index (Phi) is 11.9. The van der Waals surface area contributed by atoms with Crippen LogP contribution in [0.2, 0.25) is 0 Å². The number of carbonyl (C=O) groups is 3. The number of primary amides is 1. The Morgan fingerprint density at radius 1 is 0.960 bits per heavy atom. The van der Waals surface area contributed by atoms with Crippen molar-refractivity contribution in [3.63, 3.8) is 0 Å². The molecular formula is C18H35N3O4. The zero-order valence-corrected chi connectivity index (χ0v) is 16.0. The zero-order chi connectivity index (χ0) is 19.3. The van der Waals surface area contributed by atoms with Crippen LogP contribution in [0, 0.1) is 0 Å². The molecule has 0 aliphatic heterocycles. The predicted octanol–water partition coefficient (Wildman–Crippen LogP) is 1.33. The van der Waals surface area contributed by atoms with Gasteiger partial charge < -0.3 is 21.1 Å². The number of rotatable bonds is 14. The maximum atomic E-state index is 12.6. The number of hydrogen-bond donors (Lipinski definition) is 3. The Morgan fingerprint density at radius 2 is 1.48 bits per heavy atom. The highest BCUT2D eigenvalue weighted by molar-refractivity contribution is 5.94. The molecule has 25 heavy (non-hydrogen) atoms. The molecule has 0 fully saturated rings. The van der Waals surface area contributed by atoms with Crippen LogP contribution in [-0.4, -0.2) is 53.0 Å². The quantitative estimate of drug-likeness (QED) is 0.407. The first kappa shape index (κ1) is 23.4. The number of nitrogens with zero attached hydrogens (tertiary/aromatic N) is 1. The molecule has 1 atom stereocenters. The van der Waals surface area contributed by atoms with E-state index in [0.29, 0.717) is 19.6 Å². The van der Waals surface area contributed by atoms with Crippen molar-refractivity contribution in [1.82, 2.24) is 10.2 Å². The Morgan fingerprint density at radius 3 is 1.92 bits per heavy atom. The van der Waals surface area contributed by atoms with Gasteiger partial charge in [-0.1, -0.05) is 40.0 Å². The molecule has 0 rings (SSSR count). The van der Waals surface area contributed by atoms with Gasteiger partial charge in [-0.3, -0.25) is 14.4 Å². The third-order valence-electron chi connectivity index (χ3n) is 4.06. The first-order valence-electron chi connectivity index (χ1n) is 9.37. The molecule has 0 saturated carbocycles. The van der Waals surface area contributed by atoms with E-state index in [9.17, 15) is 19.5 Å². The van der Waals surface area contributed by atoms with Crippen LogP contribution in [0.4, 0.5) is 0 Å². The van der Waals surface area contributed by atoms with Crippen molar-refractivity contribution in [3.8, 4) is 0 Å². The van der Waals surface area contributed by atoms with Gasteiger partial charge in [-0.15, -0.1) is 0 Å². The minimum atomic E-state index is -2.09. The number of hydrogen-bond acceptors (Lipinski definition) is 4. The Balaban J connectivity index is 5.07. The molecule has 0 aliphatic rings. The zero-order valence-electron chi connectivity index (χ0n) is 16.0. The number of nitrogens with two attached hydrogens (primary N) is 1. The van der Waals surface area contributed by atoms with E-state index in [-0.39, 0.29) is 5.91 Å². The lowest BCUT2D eigenvalue weighted by Crippen LogP contribution is -2.52. The number of amides is 3. The van der Waals surface area contributed by atoms with E-state index in [1.165, 1.54) is 0 Å². The van der Waals surface area contributed by atoms with Crippen LogP contribution in [-0.2, 0) is 14.4 Å². The van der Waals surface area contributed by atoms with Crippen molar-refractivity contribution in [3.05, 3.63) is 0 Å². The summed E-state index contributed by atoms with van der Waals surface area (Å²) in [5.41, 5.74) is 3.09. The summed E-state index contributed by atoms with van der Waals surface area (Å²) in [4.78, 5) is 37.9. The van der Waals surface area contributed by atoms with Gasteiger partial charge in [0.2, 0.25) is 11.8 Å². The van der Waals surface area contributed by atoms with Gasteiger partial charge in [-0.05, 0) is 19.3 Å². The maximum Gasteiger partial charge on any atom is 0.253 e. The minimum Gasteiger partial charge on any atom is -0.379 e. The Hall–Kier alpha value is -1.63. The fourth-order valence-electron chi connectivity index (χ4n) is 2.48. The monoisotopic (exact) mass is 357 g/mol. The molecule has 3 amide bonds. The van der Waals surface area contributed by atoms with Gasteiger partial charge in [-0.25, -0.2) is 0 Å². The van der Waals surface area contributed by atoms with Crippen LogP contribution in [0.15, 0.2) is 0 Å². The van der Waals surface area contributed by atoms with Gasteiger partial charge in [0.05, 0.1) is 12.8 Å². The Bertz CT molecular complexity index is 421. The van der Waals surface area contributed by atoms with Gasteiger partial charge in [0.15, 0.2) is 5.60 Å². The van der Waals surface area contributed by atoms with Gasteiger partial charge >= 0.3 is 0 Å². The highest BCUT2D eigenvalue weighted by Gasteiger charge is 2.40. The third kappa shape index (κ3) is 9.43. The number of unbranched alkanes of at least 4 members (excludes halogenated alkanes) is 3. The van der Waals surface area contributed by atoms with E-state index in [2.05, 4.69) is 5.32 Å². The molecule has 7 nitrogen and oxygen atoms in total. The fourth-order valence-corrected chi connectivity index (χ4v) is 2.48. The largest absolute Gasteiger partial charge is 0.379 e. The van der Waals surface area contributed by atoms with Crippen molar-refractivity contribution in [2.45, 2.75) is 77.7 Å². The summed E-state index contributed by atoms with van der Waals surface area (Å²) in [5, 5.41) is 13.3. The summed E-state index contributed by atoms with van der Waals surface area (Å²) in [6, 6.07) is 0. The summed E-state index contributed by atoms with van der Waals surface area (Å²) in [7, 11) is 0. The topological polar surface area (TPSA) is 113 Å². The highest BCUT2D eigenvalue weighted by atomic mass is 16.3. The van der Waals surface area contributed by atoms with Crippen molar-refractivity contribution < 1.29 is 19.5 Å². The van der Waals surface area contributed by atoms with Crippen molar-refractivity contribution in [2.75, 3.05) is 19.6 Å². The normalized spacial score (nSPS) is 13.1. The molecule has 1 unspecified atom stereocenters. The molecular weight excluding hydrogens is 322 g/mol. The molecule has 0 spiro atoms. The molecule has 0 aliphatic carbocycles. The molecule has 0 aromatic rings. The molecule has 4 N–H and O–H groups in total. The Labute approximate surface area is 151 Å². The van der Waals surface area contributed by atoms with Crippen LogP contribution >= 0.6 is 0 Å². The van der Waals surface area contributed by atoms with Crippen LogP contribution in [0.25, 0.3) is 0 Å². The van der Waals surface area contributed by atoms with Gasteiger partial charge in [0.1, 0.15) is 0 Å². The lowest BCUT2D eigenvalue weighted by molar-refractivity contribution is -0.152. The summed E-state index contributed by atoms with van der Waals surface area (Å²) in [6.07, 6.45) is 4.24. The average molecular weight is 357 g/mol. The first-order valence-corrected chi connectivity index (χ1v) is 9.37. The van der Waals surface area contributed by atoms with E-state index in [1.54, 1.807) is 4.90 Å². The molecule has 146 valence electrons. The predicted molar refractivity (Wildman–Crippen MR) is 97.7 cm³/mol. The molecule has 7 heteroatoms. The van der Waals surface area contributed by atoms with Crippen LogP contribution in [0.3, 0.4) is 0 Å². The first-order chi connectivity index (χ1) is 11.8. The van der Waals surface area contributed by atoms with E-state index in [1.807, 2.05) is 20.8 Å². The van der Waals surface area contributed by atoms with Crippen LogP contribution < -0.4 is 11.1 Å². The third-order valence-corrected chi connectivity index (χ3v) is 4.06. The van der Waals surface area contributed by atoms with Crippen molar-refractivity contribution >= 4 is 17.7 Å². The van der Waals surface area contributed by atoms with Crippen molar-refractivity contribution in [1.29, 1.82) is 0 Å². The van der Waals surface area contributed by atoms with Crippen LogP contribution in [0.5, 0.6) is 0 Å². The van der Waals surface area contributed by atoms with Gasteiger partial charge in [-0.2, -0.15) is 0 Å². The molecule has 0 saturated heterocycles. The SMILES string of the molecule is CCCCNC(=O)C(O)(CC(N)=O)CC(=O)N(CCCC)CCCC. The van der Waals surface area contributed by atoms with E-state index in [4.69, 9.17) is 5.73 Å².